The Labute approximate surface area is 125 Å². The molecule has 0 saturated heterocycles. The average molecular weight is 303 g/mol. The van der Waals surface area contributed by atoms with Gasteiger partial charge in [-0.2, -0.15) is 20.1 Å². The van der Waals surface area contributed by atoms with Crippen LogP contribution in [-0.2, 0) is 0 Å². The lowest BCUT2D eigenvalue weighted by Crippen LogP contribution is -2.08. The van der Waals surface area contributed by atoms with Gasteiger partial charge in [-0.1, -0.05) is 17.7 Å². The van der Waals surface area contributed by atoms with Gasteiger partial charge in [-0.3, -0.25) is 0 Å². The molecule has 0 saturated carbocycles. The summed E-state index contributed by atoms with van der Waals surface area (Å²) in [6.07, 6.45) is 3.31. The van der Waals surface area contributed by atoms with Crippen LogP contribution < -0.4 is 10.5 Å². The lowest BCUT2D eigenvalue weighted by Gasteiger charge is -2.08. The molecule has 3 aromatic rings. The molecule has 0 radical (unpaired) electrons. The van der Waals surface area contributed by atoms with Crippen molar-refractivity contribution in [3.8, 4) is 17.7 Å². The van der Waals surface area contributed by atoms with Crippen molar-refractivity contribution in [1.29, 1.82) is 0 Å². The zero-order chi connectivity index (χ0) is 14.8. The number of aromatic nitrogens is 5. The predicted molar refractivity (Wildman–Crippen MR) is 77.6 cm³/mol. The van der Waals surface area contributed by atoms with Crippen molar-refractivity contribution >= 4 is 17.5 Å². The van der Waals surface area contributed by atoms with Crippen LogP contribution in [0.25, 0.3) is 5.95 Å². The molecule has 21 heavy (non-hydrogen) atoms. The van der Waals surface area contributed by atoms with Gasteiger partial charge in [-0.15, -0.1) is 0 Å². The van der Waals surface area contributed by atoms with E-state index in [4.69, 9.17) is 22.1 Å². The minimum absolute atomic E-state index is 0.0465. The van der Waals surface area contributed by atoms with Crippen LogP contribution in [0.15, 0.2) is 36.7 Å². The number of rotatable bonds is 3. The van der Waals surface area contributed by atoms with Crippen molar-refractivity contribution in [3.05, 3.63) is 47.2 Å². The third-order valence-electron chi connectivity index (χ3n) is 2.68. The normalized spacial score (nSPS) is 10.6. The number of nitrogen functional groups attached to an aromatic ring is 1. The van der Waals surface area contributed by atoms with E-state index in [0.717, 1.165) is 5.56 Å². The van der Waals surface area contributed by atoms with Gasteiger partial charge in [0, 0.05) is 17.4 Å². The highest BCUT2D eigenvalue weighted by Gasteiger charge is 2.10. The first-order chi connectivity index (χ1) is 10.1. The monoisotopic (exact) mass is 302 g/mol. The summed E-state index contributed by atoms with van der Waals surface area (Å²) in [6.45, 7) is 1.89. The second-order valence-electron chi connectivity index (χ2n) is 4.24. The summed E-state index contributed by atoms with van der Waals surface area (Å²) in [7, 11) is 0. The van der Waals surface area contributed by atoms with Crippen LogP contribution in [0, 0.1) is 6.92 Å². The molecule has 2 aromatic heterocycles. The largest absolute Gasteiger partial charge is 0.424 e. The number of nitrogens with two attached hydrogens (primary N) is 1. The fourth-order valence-corrected chi connectivity index (χ4v) is 1.84. The van der Waals surface area contributed by atoms with Gasteiger partial charge in [-0.05, 0) is 30.7 Å². The Morgan fingerprint density at radius 2 is 2.10 bits per heavy atom. The Bertz CT molecular complexity index is 774. The third kappa shape index (κ3) is 2.92. The van der Waals surface area contributed by atoms with Crippen molar-refractivity contribution in [2.75, 3.05) is 5.73 Å². The molecule has 0 bridgehead atoms. The number of hydrogen-bond donors (Lipinski definition) is 1. The molecule has 0 aliphatic heterocycles. The van der Waals surface area contributed by atoms with Gasteiger partial charge in [0.2, 0.25) is 5.95 Å². The quantitative estimate of drug-likeness (QED) is 0.798. The fourth-order valence-electron chi connectivity index (χ4n) is 1.68. The molecule has 106 valence electrons. The summed E-state index contributed by atoms with van der Waals surface area (Å²) >= 11 is 5.95. The smallest absolute Gasteiger partial charge is 0.328 e. The molecule has 0 aliphatic rings. The Kier molecular flexibility index (Phi) is 3.41. The molecule has 0 fully saturated rings. The summed E-state index contributed by atoms with van der Waals surface area (Å²) in [6, 6.07) is 7.14. The maximum Gasteiger partial charge on any atom is 0.328 e. The highest BCUT2D eigenvalue weighted by molar-refractivity contribution is 6.30. The Balaban J connectivity index is 1.97. The highest BCUT2D eigenvalue weighted by atomic mass is 35.5. The maximum absolute atomic E-state index is 5.95. The van der Waals surface area contributed by atoms with Crippen LogP contribution in [0.4, 0.5) is 5.95 Å². The number of hydrogen-bond acceptors (Lipinski definition) is 6. The molecule has 0 unspecified atom stereocenters. The maximum atomic E-state index is 5.95. The van der Waals surface area contributed by atoms with E-state index in [-0.39, 0.29) is 17.9 Å². The van der Waals surface area contributed by atoms with Crippen molar-refractivity contribution in [1.82, 2.24) is 24.7 Å². The molecular weight excluding hydrogens is 292 g/mol. The molecule has 1 aromatic carbocycles. The van der Waals surface area contributed by atoms with Crippen molar-refractivity contribution in [2.45, 2.75) is 6.92 Å². The first-order valence-corrected chi connectivity index (χ1v) is 6.45. The Morgan fingerprint density at radius 3 is 2.86 bits per heavy atom. The minimum atomic E-state index is 0.0465. The van der Waals surface area contributed by atoms with Crippen LogP contribution in [0.5, 0.6) is 11.8 Å². The molecular formula is C13H11ClN6O. The molecule has 2 N–H and O–H groups in total. The zero-order valence-electron chi connectivity index (χ0n) is 11.1. The van der Waals surface area contributed by atoms with Gasteiger partial charge >= 0.3 is 6.01 Å². The van der Waals surface area contributed by atoms with E-state index in [1.165, 1.54) is 4.68 Å². The van der Waals surface area contributed by atoms with Crippen molar-refractivity contribution in [2.24, 2.45) is 0 Å². The molecule has 7 nitrogen and oxygen atoms in total. The molecule has 0 aliphatic carbocycles. The standard InChI is InChI=1S/C13H11ClN6O/c1-8-3-4-9(14)7-10(8)21-13-18-11(15)17-12(19-13)20-6-2-5-16-20/h2-7H,1H3,(H2,15,17,18,19). The summed E-state index contributed by atoms with van der Waals surface area (Å²) in [5.41, 5.74) is 6.58. The second-order valence-corrected chi connectivity index (χ2v) is 4.68. The number of benzene rings is 1. The van der Waals surface area contributed by atoms with E-state index < -0.39 is 0 Å². The van der Waals surface area contributed by atoms with Gasteiger partial charge in [0.05, 0.1) is 0 Å². The van der Waals surface area contributed by atoms with E-state index in [9.17, 15) is 0 Å². The predicted octanol–water partition coefficient (Wildman–Crippen LogP) is 2.39. The zero-order valence-corrected chi connectivity index (χ0v) is 11.8. The average Bonchev–Trinajstić information content (AvgIpc) is 2.96. The van der Waals surface area contributed by atoms with E-state index in [1.807, 2.05) is 13.0 Å². The van der Waals surface area contributed by atoms with Crippen LogP contribution in [0.1, 0.15) is 5.56 Å². The van der Waals surface area contributed by atoms with E-state index >= 15 is 0 Å². The molecule has 0 amide bonds. The van der Waals surface area contributed by atoms with E-state index in [0.29, 0.717) is 10.8 Å². The van der Waals surface area contributed by atoms with Crippen LogP contribution in [-0.4, -0.2) is 24.7 Å². The first kappa shape index (κ1) is 13.3. The second kappa shape index (κ2) is 5.37. The SMILES string of the molecule is Cc1ccc(Cl)cc1Oc1nc(N)nc(-n2cccn2)n1. The number of aryl methyl sites for hydroxylation is 1. The van der Waals surface area contributed by atoms with Crippen LogP contribution in [0.3, 0.4) is 0 Å². The highest BCUT2D eigenvalue weighted by Crippen LogP contribution is 2.26. The lowest BCUT2D eigenvalue weighted by molar-refractivity contribution is 0.435. The van der Waals surface area contributed by atoms with E-state index in [1.54, 1.807) is 30.6 Å². The Morgan fingerprint density at radius 1 is 1.24 bits per heavy atom. The van der Waals surface area contributed by atoms with Gasteiger partial charge in [0.25, 0.3) is 5.95 Å². The van der Waals surface area contributed by atoms with Gasteiger partial charge < -0.3 is 10.5 Å². The number of ether oxygens (including phenoxy) is 1. The van der Waals surface area contributed by atoms with Gasteiger partial charge in [0.1, 0.15) is 5.75 Å². The number of nitrogens with zero attached hydrogens (tertiary/aromatic N) is 5. The number of anilines is 1. The molecule has 2 heterocycles. The number of halogens is 1. The van der Waals surface area contributed by atoms with Crippen LogP contribution in [0.2, 0.25) is 5.02 Å². The van der Waals surface area contributed by atoms with Crippen LogP contribution >= 0.6 is 11.6 Å². The first-order valence-electron chi connectivity index (χ1n) is 6.07. The summed E-state index contributed by atoms with van der Waals surface area (Å²) in [4.78, 5) is 12.1. The lowest BCUT2D eigenvalue weighted by atomic mass is 10.2. The fraction of sp³-hybridized carbons (Fsp3) is 0.0769. The van der Waals surface area contributed by atoms with Gasteiger partial charge in [-0.25, -0.2) is 4.68 Å². The minimum Gasteiger partial charge on any atom is -0.424 e. The van der Waals surface area contributed by atoms with Crippen molar-refractivity contribution in [3.63, 3.8) is 0 Å². The summed E-state index contributed by atoms with van der Waals surface area (Å²) in [5, 5.41) is 4.60. The summed E-state index contributed by atoms with van der Waals surface area (Å²) < 4.78 is 7.11. The van der Waals surface area contributed by atoms with E-state index in [2.05, 4.69) is 20.1 Å². The Hall–Kier alpha value is -2.67. The molecule has 3 rings (SSSR count). The summed E-state index contributed by atoms with van der Waals surface area (Å²) in [5.74, 6) is 0.881. The molecule has 0 atom stereocenters. The van der Waals surface area contributed by atoms with Crippen molar-refractivity contribution < 1.29 is 4.74 Å². The third-order valence-corrected chi connectivity index (χ3v) is 2.92. The molecule has 8 heteroatoms. The topological polar surface area (TPSA) is 91.7 Å². The van der Waals surface area contributed by atoms with Gasteiger partial charge in [0.15, 0.2) is 0 Å². The molecule has 0 spiro atoms.